The highest BCUT2D eigenvalue weighted by atomic mass is 127. The van der Waals surface area contributed by atoms with E-state index in [2.05, 4.69) is 57.2 Å². The molecule has 134 valence electrons. The highest BCUT2D eigenvalue weighted by molar-refractivity contribution is 14.1. The maximum Gasteiger partial charge on any atom is 0.146 e. The third kappa shape index (κ3) is 14.3. The average Bonchev–Trinajstić information content (AvgIpc) is 2.36. The van der Waals surface area contributed by atoms with Gasteiger partial charge in [0.1, 0.15) is 6.79 Å². The van der Waals surface area contributed by atoms with Gasteiger partial charge in [-0.15, -0.1) is 0 Å². The Labute approximate surface area is 153 Å². The molecule has 0 aromatic carbocycles. The first-order chi connectivity index (χ1) is 10.3. The van der Waals surface area contributed by atoms with E-state index < -0.39 is 0 Å². The second-order valence-corrected chi connectivity index (χ2v) is 9.73. The van der Waals surface area contributed by atoms with Crippen molar-refractivity contribution in [2.75, 3.05) is 20.5 Å². The summed E-state index contributed by atoms with van der Waals surface area (Å²) in [5.41, 5.74) is 0. The highest BCUT2D eigenvalue weighted by Gasteiger charge is 2.15. The van der Waals surface area contributed by atoms with Gasteiger partial charge in [0.05, 0.1) is 0 Å². The molecule has 0 bridgehead atoms. The standard InChI is InChI=1S/C19H39IO2/c1-15(8-7-9-22-14-21-6)10-16(2)11-17(3)12-18(4)13-19(5)20/h15-19H,7-14H2,1-6H3. The van der Waals surface area contributed by atoms with Gasteiger partial charge in [0.25, 0.3) is 0 Å². The Hall–Kier alpha value is 0.650. The third-order valence-electron chi connectivity index (χ3n) is 4.33. The van der Waals surface area contributed by atoms with Gasteiger partial charge in [-0.3, -0.25) is 0 Å². The first-order valence-corrected chi connectivity index (χ1v) is 10.3. The molecule has 0 spiro atoms. The Morgan fingerprint density at radius 2 is 1.27 bits per heavy atom. The van der Waals surface area contributed by atoms with Gasteiger partial charge < -0.3 is 9.47 Å². The van der Waals surface area contributed by atoms with Crippen LogP contribution in [0.5, 0.6) is 0 Å². The monoisotopic (exact) mass is 426 g/mol. The van der Waals surface area contributed by atoms with E-state index in [1.54, 1.807) is 7.11 Å². The summed E-state index contributed by atoms with van der Waals surface area (Å²) in [6, 6.07) is 0. The lowest BCUT2D eigenvalue weighted by Gasteiger charge is -2.23. The molecule has 0 radical (unpaired) electrons. The van der Waals surface area contributed by atoms with E-state index in [9.17, 15) is 0 Å². The normalized spacial score (nSPS) is 18.7. The van der Waals surface area contributed by atoms with Crippen molar-refractivity contribution >= 4 is 22.6 Å². The fourth-order valence-corrected chi connectivity index (χ4v) is 4.57. The summed E-state index contributed by atoms with van der Waals surface area (Å²) in [7, 11) is 1.67. The smallest absolute Gasteiger partial charge is 0.146 e. The second kappa shape index (κ2) is 14.0. The summed E-state index contributed by atoms with van der Waals surface area (Å²) in [5, 5.41) is 0. The van der Waals surface area contributed by atoms with Crippen molar-refractivity contribution in [2.45, 2.75) is 77.1 Å². The largest absolute Gasteiger partial charge is 0.359 e. The summed E-state index contributed by atoms with van der Waals surface area (Å²) >= 11 is 2.55. The molecule has 0 heterocycles. The molecule has 0 saturated carbocycles. The van der Waals surface area contributed by atoms with Gasteiger partial charge in [-0.05, 0) is 62.2 Å². The lowest BCUT2D eigenvalue weighted by atomic mass is 9.84. The zero-order valence-electron chi connectivity index (χ0n) is 15.7. The predicted molar refractivity (Wildman–Crippen MR) is 106 cm³/mol. The van der Waals surface area contributed by atoms with E-state index >= 15 is 0 Å². The van der Waals surface area contributed by atoms with Crippen molar-refractivity contribution < 1.29 is 9.47 Å². The minimum atomic E-state index is 0.427. The molecule has 0 aliphatic heterocycles. The van der Waals surface area contributed by atoms with Gasteiger partial charge in [0.15, 0.2) is 0 Å². The van der Waals surface area contributed by atoms with Crippen molar-refractivity contribution in [2.24, 2.45) is 23.7 Å². The molecule has 3 heteroatoms. The van der Waals surface area contributed by atoms with Gasteiger partial charge in [-0.1, -0.05) is 57.2 Å². The van der Waals surface area contributed by atoms with Crippen molar-refractivity contribution in [3.05, 3.63) is 0 Å². The van der Waals surface area contributed by atoms with E-state index in [1.807, 2.05) is 0 Å². The summed E-state index contributed by atoms with van der Waals surface area (Å²) in [4.78, 5) is 0. The van der Waals surface area contributed by atoms with Crippen LogP contribution < -0.4 is 0 Å². The predicted octanol–water partition coefficient (Wildman–Crippen LogP) is 6.32. The quantitative estimate of drug-likeness (QED) is 0.140. The summed E-state index contributed by atoms with van der Waals surface area (Å²) < 4.78 is 11.0. The summed E-state index contributed by atoms with van der Waals surface area (Å²) in [6.07, 6.45) is 7.90. The van der Waals surface area contributed by atoms with Gasteiger partial charge in [-0.2, -0.15) is 0 Å². The van der Waals surface area contributed by atoms with E-state index in [1.165, 1.54) is 32.1 Å². The zero-order chi connectivity index (χ0) is 17.0. The number of hydrogen-bond donors (Lipinski definition) is 0. The Kier molecular flexibility index (Phi) is 14.4. The van der Waals surface area contributed by atoms with Crippen molar-refractivity contribution in [3.63, 3.8) is 0 Å². The van der Waals surface area contributed by atoms with E-state index in [-0.39, 0.29) is 0 Å². The van der Waals surface area contributed by atoms with Crippen LogP contribution in [-0.4, -0.2) is 24.4 Å². The average molecular weight is 426 g/mol. The first-order valence-electron chi connectivity index (χ1n) is 9.05. The minimum Gasteiger partial charge on any atom is -0.359 e. The molecule has 0 N–H and O–H groups in total. The van der Waals surface area contributed by atoms with Crippen LogP contribution in [0.2, 0.25) is 0 Å². The fourth-order valence-electron chi connectivity index (χ4n) is 3.70. The van der Waals surface area contributed by atoms with Crippen molar-refractivity contribution in [1.29, 1.82) is 0 Å². The maximum atomic E-state index is 5.36. The van der Waals surface area contributed by atoms with Gasteiger partial charge in [0.2, 0.25) is 0 Å². The maximum absolute atomic E-state index is 5.36. The van der Waals surface area contributed by atoms with Crippen LogP contribution in [0.3, 0.4) is 0 Å². The van der Waals surface area contributed by atoms with E-state index in [0.717, 1.165) is 40.6 Å². The Morgan fingerprint density at radius 3 is 1.77 bits per heavy atom. The molecule has 0 amide bonds. The Morgan fingerprint density at radius 1 is 0.773 bits per heavy atom. The molecule has 5 unspecified atom stereocenters. The third-order valence-corrected chi connectivity index (χ3v) is 4.84. The molecule has 0 saturated heterocycles. The van der Waals surface area contributed by atoms with Crippen LogP contribution in [0.15, 0.2) is 0 Å². The minimum absolute atomic E-state index is 0.427. The number of hydrogen-bond acceptors (Lipinski definition) is 2. The Balaban J connectivity index is 3.75. The number of alkyl halides is 1. The summed E-state index contributed by atoms with van der Waals surface area (Å²) in [5.74, 6) is 3.37. The Bertz CT molecular complexity index is 246. The topological polar surface area (TPSA) is 18.5 Å². The molecule has 22 heavy (non-hydrogen) atoms. The molecule has 2 nitrogen and oxygen atoms in total. The molecular weight excluding hydrogens is 387 g/mol. The molecule has 0 rings (SSSR count). The molecule has 0 aliphatic rings. The first kappa shape index (κ1) is 22.6. The van der Waals surface area contributed by atoms with E-state index in [4.69, 9.17) is 9.47 Å². The van der Waals surface area contributed by atoms with Gasteiger partial charge in [-0.25, -0.2) is 0 Å². The molecule has 0 aromatic rings. The van der Waals surface area contributed by atoms with Gasteiger partial charge >= 0.3 is 0 Å². The molecule has 5 atom stereocenters. The number of halogens is 1. The zero-order valence-corrected chi connectivity index (χ0v) is 17.9. The number of rotatable bonds is 14. The number of methoxy groups -OCH3 is 1. The van der Waals surface area contributed by atoms with Crippen LogP contribution in [0.1, 0.15) is 73.1 Å². The molecular formula is C19H39IO2. The van der Waals surface area contributed by atoms with Crippen LogP contribution in [-0.2, 0) is 9.47 Å². The number of ether oxygens (including phenoxy) is 2. The lowest BCUT2D eigenvalue weighted by Crippen LogP contribution is -2.12. The van der Waals surface area contributed by atoms with Crippen molar-refractivity contribution in [3.8, 4) is 0 Å². The summed E-state index contributed by atoms with van der Waals surface area (Å²) in [6.45, 7) is 13.2. The molecule has 0 aromatic heterocycles. The van der Waals surface area contributed by atoms with Crippen LogP contribution in [0.4, 0.5) is 0 Å². The van der Waals surface area contributed by atoms with E-state index in [0.29, 0.717) is 6.79 Å². The lowest BCUT2D eigenvalue weighted by molar-refractivity contribution is -0.0323. The molecule has 0 fully saturated rings. The second-order valence-electron chi connectivity index (χ2n) is 7.60. The van der Waals surface area contributed by atoms with Crippen molar-refractivity contribution in [1.82, 2.24) is 0 Å². The molecule has 0 aliphatic carbocycles. The van der Waals surface area contributed by atoms with Gasteiger partial charge in [0, 0.05) is 17.6 Å². The van der Waals surface area contributed by atoms with Crippen LogP contribution in [0.25, 0.3) is 0 Å². The fraction of sp³-hybridized carbons (Fsp3) is 1.00. The highest BCUT2D eigenvalue weighted by Crippen LogP contribution is 2.27. The van der Waals surface area contributed by atoms with Crippen LogP contribution in [0, 0.1) is 23.7 Å². The van der Waals surface area contributed by atoms with Crippen LogP contribution >= 0.6 is 22.6 Å². The SMILES string of the molecule is COCOCCCC(C)CC(C)CC(C)CC(C)CC(C)I.